The first-order chi connectivity index (χ1) is 7.69. The van der Waals surface area contributed by atoms with Crippen LogP contribution in [-0.4, -0.2) is 32.6 Å². The molecule has 3 nitrogen and oxygen atoms in total. The van der Waals surface area contributed by atoms with Crippen LogP contribution in [0, 0.1) is 11.3 Å². The molecule has 17 heavy (non-hydrogen) atoms. The maximum absolute atomic E-state index is 10.9. The number of hydrogen-bond donors (Lipinski definition) is 3. The molecule has 0 saturated heterocycles. The second kappa shape index (κ2) is 3.94. The van der Waals surface area contributed by atoms with Gasteiger partial charge in [0.1, 0.15) is 0 Å². The highest BCUT2D eigenvalue weighted by molar-refractivity contribution is 5.09. The molecule has 2 saturated carbocycles. The van der Waals surface area contributed by atoms with Crippen molar-refractivity contribution in [1.82, 2.24) is 0 Å². The summed E-state index contributed by atoms with van der Waals surface area (Å²) in [6.45, 7) is 5.70. The fraction of sp³-hybridized carbons (Fsp3) is 1.00. The largest absolute Gasteiger partial charge is 0.390 e. The summed E-state index contributed by atoms with van der Waals surface area (Å²) in [4.78, 5) is 0. The first kappa shape index (κ1) is 13.3. The van der Waals surface area contributed by atoms with Crippen molar-refractivity contribution in [3.63, 3.8) is 0 Å². The van der Waals surface area contributed by atoms with Crippen LogP contribution in [0.2, 0.25) is 0 Å². The molecule has 0 amide bonds. The van der Waals surface area contributed by atoms with Gasteiger partial charge in [-0.1, -0.05) is 13.3 Å². The molecule has 0 aromatic carbocycles. The number of fused-ring (bicyclic) bond motifs is 1. The van der Waals surface area contributed by atoms with Crippen LogP contribution in [0.3, 0.4) is 0 Å². The molecule has 0 radical (unpaired) electrons. The Bertz CT molecular complexity index is 296. The summed E-state index contributed by atoms with van der Waals surface area (Å²) in [5.74, 6) is 0.0772. The van der Waals surface area contributed by atoms with E-state index in [1.165, 1.54) is 0 Å². The van der Waals surface area contributed by atoms with Gasteiger partial charge in [-0.15, -0.1) is 0 Å². The highest BCUT2D eigenvalue weighted by Gasteiger charge is 2.57. The smallest absolute Gasteiger partial charge is 0.0962 e. The van der Waals surface area contributed by atoms with Crippen LogP contribution in [0.25, 0.3) is 0 Å². The van der Waals surface area contributed by atoms with Crippen molar-refractivity contribution >= 4 is 0 Å². The predicted octanol–water partition coefficient (Wildman–Crippen LogP) is 1.84. The summed E-state index contributed by atoms with van der Waals surface area (Å²) in [7, 11) is 0. The first-order valence-corrected chi connectivity index (χ1v) is 6.82. The summed E-state index contributed by atoms with van der Waals surface area (Å²) < 4.78 is 0. The lowest BCUT2D eigenvalue weighted by molar-refractivity contribution is -0.219. The van der Waals surface area contributed by atoms with E-state index in [2.05, 4.69) is 6.92 Å². The van der Waals surface area contributed by atoms with E-state index in [4.69, 9.17) is 0 Å². The van der Waals surface area contributed by atoms with Crippen LogP contribution in [0.15, 0.2) is 0 Å². The molecule has 0 heterocycles. The molecule has 2 aliphatic rings. The Morgan fingerprint density at radius 2 is 1.82 bits per heavy atom. The minimum atomic E-state index is -1.01. The molecule has 100 valence electrons. The van der Waals surface area contributed by atoms with E-state index in [1.807, 2.05) is 0 Å². The third-order valence-electron chi connectivity index (χ3n) is 5.40. The molecule has 2 fully saturated rings. The van der Waals surface area contributed by atoms with Crippen LogP contribution in [0.1, 0.15) is 59.3 Å². The second-order valence-corrected chi connectivity index (χ2v) is 6.99. The normalized spacial score (nSPS) is 47.6. The molecule has 3 N–H and O–H groups in total. The average molecular weight is 242 g/mol. The summed E-state index contributed by atoms with van der Waals surface area (Å²) in [5, 5.41) is 31.2. The third-order valence-corrected chi connectivity index (χ3v) is 5.40. The summed E-state index contributed by atoms with van der Waals surface area (Å²) in [6, 6.07) is 0. The van der Waals surface area contributed by atoms with Crippen LogP contribution in [0.5, 0.6) is 0 Å². The van der Waals surface area contributed by atoms with Gasteiger partial charge in [0.05, 0.1) is 17.3 Å². The van der Waals surface area contributed by atoms with E-state index in [9.17, 15) is 15.3 Å². The van der Waals surface area contributed by atoms with Crippen LogP contribution >= 0.6 is 0 Å². The molecule has 0 unspecified atom stereocenters. The van der Waals surface area contributed by atoms with Gasteiger partial charge in [0.25, 0.3) is 0 Å². The van der Waals surface area contributed by atoms with E-state index in [-0.39, 0.29) is 11.3 Å². The Kier molecular flexibility index (Phi) is 3.08. The lowest BCUT2D eigenvalue weighted by Gasteiger charge is -2.57. The third kappa shape index (κ3) is 2.02. The zero-order chi connectivity index (χ0) is 12.9. The Balaban J connectivity index is 2.25. The summed E-state index contributed by atoms with van der Waals surface area (Å²) >= 11 is 0. The lowest BCUT2D eigenvalue weighted by Crippen LogP contribution is -2.62. The molecule has 0 spiro atoms. The van der Waals surface area contributed by atoms with Gasteiger partial charge in [-0.25, -0.2) is 0 Å². The Hall–Kier alpha value is -0.120. The second-order valence-electron chi connectivity index (χ2n) is 6.99. The standard InChI is InChI=1S/C14H26O3/c1-12(2,16)10-6-8-13(3)7-4-5-11(15)14(13,17)9-10/h10-11,15-17H,4-9H2,1-3H3/t10-,11+,13-,14+/m1/s1. The fourth-order valence-corrected chi connectivity index (χ4v) is 3.84. The van der Waals surface area contributed by atoms with Gasteiger partial charge in [-0.2, -0.15) is 0 Å². The van der Waals surface area contributed by atoms with Gasteiger partial charge < -0.3 is 15.3 Å². The zero-order valence-corrected chi connectivity index (χ0v) is 11.2. The van der Waals surface area contributed by atoms with Crippen molar-refractivity contribution in [1.29, 1.82) is 0 Å². The molecule has 4 atom stereocenters. The molecule has 0 aromatic rings. The maximum atomic E-state index is 10.9. The number of aliphatic hydroxyl groups excluding tert-OH is 1. The maximum Gasteiger partial charge on any atom is 0.0962 e. The quantitative estimate of drug-likeness (QED) is 0.657. The summed E-state index contributed by atoms with van der Waals surface area (Å²) in [6.07, 6.45) is 4.39. The zero-order valence-electron chi connectivity index (χ0n) is 11.2. The minimum Gasteiger partial charge on any atom is -0.390 e. The fourth-order valence-electron chi connectivity index (χ4n) is 3.84. The van der Waals surface area contributed by atoms with Crippen molar-refractivity contribution in [2.45, 2.75) is 76.6 Å². The molecule has 0 aliphatic heterocycles. The van der Waals surface area contributed by atoms with E-state index in [0.717, 1.165) is 25.7 Å². The van der Waals surface area contributed by atoms with Crippen molar-refractivity contribution in [2.75, 3.05) is 0 Å². The van der Waals surface area contributed by atoms with Crippen LogP contribution < -0.4 is 0 Å². The molecular weight excluding hydrogens is 216 g/mol. The van der Waals surface area contributed by atoms with Gasteiger partial charge in [0.15, 0.2) is 0 Å². The number of rotatable bonds is 1. The average Bonchev–Trinajstić information content (AvgIpc) is 2.19. The van der Waals surface area contributed by atoms with E-state index >= 15 is 0 Å². The Labute approximate surface area is 104 Å². The highest BCUT2D eigenvalue weighted by atomic mass is 16.3. The lowest BCUT2D eigenvalue weighted by atomic mass is 9.53. The minimum absolute atomic E-state index is 0.0772. The summed E-state index contributed by atoms with van der Waals surface area (Å²) in [5.41, 5.74) is -1.95. The topological polar surface area (TPSA) is 60.7 Å². The number of aliphatic hydroxyl groups is 3. The van der Waals surface area contributed by atoms with Crippen LogP contribution in [-0.2, 0) is 0 Å². The number of hydrogen-bond acceptors (Lipinski definition) is 3. The van der Waals surface area contributed by atoms with Crippen molar-refractivity contribution in [3.8, 4) is 0 Å². The van der Waals surface area contributed by atoms with Gasteiger partial charge in [-0.3, -0.25) is 0 Å². The van der Waals surface area contributed by atoms with Gasteiger partial charge in [0, 0.05) is 0 Å². The van der Waals surface area contributed by atoms with E-state index < -0.39 is 17.3 Å². The Morgan fingerprint density at radius 1 is 1.18 bits per heavy atom. The van der Waals surface area contributed by atoms with Crippen molar-refractivity contribution in [2.24, 2.45) is 11.3 Å². The van der Waals surface area contributed by atoms with Crippen LogP contribution in [0.4, 0.5) is 0 Å². The SMILES string of the molecule is CC(C)(O)[C@@H]1CC[C@@]2(C)CCC[C@H](O)[C@@]2(O)C1. The monoisotopic (exact) mass is 242 g/mol. The van der Waals surface area contributed by atoms with Gasteiger partial charge in [-0.05, 0) is 57.3 Å². The molecule has 0 aromatic heterocycles. The molecule has 3 heteroatoms. The first-order valence-electron chi connectivity index (χ1n) is 6.82. The highest BCUT2D eigenvalue weighted by Crippen LogP contribution is 2.55. The molecule has 0 bridgehead atoms. The predicted molar refractivity (Wildman–Crippen MR) is 66.6 cm³/mol. The molecular formula is C14H26O3. The van der Waals surface area contributed by atoms with E-state index in [0.29, 0.717) is 12.8 Å². The van der Waals surface area contributed by atoms with E-state index in [1.54, 1.807) is 13.8 Å². The molecule has 2 aliphatic carbocycles. The van der Waals surface area contributed by atoms with Gasteiger partial charge in [0.2, 0.25) is 0 Å². The molecule has 2 rings (SSSR count). The van der Waals surface area contributed by atoms with Gasteiger partial charge >= 0.3 is 0 Å². The van der Waals surface area contributed by atoms with Crippen molar-refractivity contribution < 1.29 is 15.3 Å². The van der Waals surface area contributed by atoms with Crippen molar-refractivity contribution in [3.05, 3.63) is 0 Å². The Morgan fingerprint density at radius 3 is 2.41 bits per heavy atom.